The third-order valence-corrected chi connectivity index (χ3v) is 4.42. The van der Waals surface area contributed by atoms with Crippen molar-refractivity contribution < 1.29 is 4.42 Å². The lowest BCUT2D eigenvalue weighted by atomic mass is 9.84. The quantitative estimate of drug-likeness (QED) is 0.665. The van der Waals surface area contributed by atoms with Crippen LogP contribution in [0, 0.1) is 6.92 Å². The number of rotatable bonds is 1. The van der Waals surface area contributed by atoms with Gasteiger partial charge >= 0.3 is 5.63 Å². The molecule has 1 heterocycles. The molecule has 1 aromatic heterocycles. The molecular weight excluding hydrogens is 272 g/mol. The van der Waals surface area contributed by atoms with E-state index in [1.165, 1.54) is 5.56 Å². The molecule has 1 aliphatic carbocycles. The average molecular weight is 288 g/mol. The van der Waals surface area contributed by atoms with Crippen LogP contribution in [0.3, 0.4) is 0 Å². The lowest BCUT2D eigenvalue weighted by molar-refractivity contribution is 0.511. The Hall–Kier alpha value is -2.61. The Morgan fingerprint density at radius 2 is 1.64 bits per heavy atom. The third-order valence-electron chi connectivity index (χ3n) is 4.42. The summed E-state index contributed by atoms with van der Waals surface area (Å²) < 4.78 is 5.66. The summed E-state index contributed by atoms with van der Waals surface area (Å²) in [5, 5.41) is 0. The number of hydrogen-bond donors (Lipinski definition) is 0. The zero-order valence-electron chi connectivity index (χ0n) is 12.4. The predicted octanol–water partition coefficient (Wildman–Crippen LogP) is 4.38. The monoisotopic (exact) mass is 288 g/mol. The van der Waals surface area contributed by atoms with E-state index >= 15 is 0 Å². The first-order valence-electron chi connectivity index (χ1n) is 7.56. The molecule has 2 heteroatoms. The summed E-state index contributed by atoms with van der Waals surface area (Å²) >= 11 is 0. The fraction of sp³-hybridized carbons (Fsp3) is 0.150. The molecule has 0 N–H and O–H groups in total. The highest BCUT2D eigenvalue weighted by molar-refractivity contribution is 5.79. The Balaban J connectivity index is 2.07. The summed E-state index contributed by atoms with van der Waals surface area (Å²) in [6.07, 6.45) is 1.89. The van der Waals surface area contributed by atoms with Crippen molar-refractivity contribution >= 4 is 0 Å². The highest BCUT2D eigenvalue weighted by atomic mass is 16.4. The van der Waals surface area contributed by atoms with Crippen LogP contribution in [-0.4, -0.2) is 0 Å². The number of aryl methyl sites for hydroxylation is 1. The second-order valence-corrected chi connectivity index (χ2v) is 5.72. The Morgan fingerprint density at radius 1 is 0.909 bits per heavy atom. The second-order valence-electron chi connectivity index (χ2n) is 5.72. The Labute approximate surface area is 129 Å². The van der Waals surface area contributed by atoms with Crippen LogP contribution in [0.4, 0.5) is 0 Å². The van der Waals surface area contributed by atoms with Gasteiger partial charge in [-0.2, -0.15) is 0 Å². The van der Waals surface area contributed by atoms with Crippen molar-refractivity contribution in [1.29, 1.82) is 0 Å². The summed E-state index contributed by atoms with van der Waals surface area (Å²) in [7, 11) is 0. The Kier molecular flexibility index (Phi) is 2.97. The van der Waals surface area contributed by atoms with Gasteiger partial charge in [0, 0.05) is 16.7 Å². The lowest BCUT2D eigenvalue weighted by Gasteiger charge is -2.22. The van der Waals surface area contributed by atoms with E-state index in [9.17, 15) is 4.79 Å². The van der Waals surface area contributed by atoms with E-state index in [1.807, 2.05) is 43.3 Å². The van der Waals surface area contributed by atoms with Gasteiger partial charge in [-0.05, 0) is 36.5 Å². The first-order valence-corrected chi connectivity index (χ1v) is 7.56. The third kappa shape index (κ3) is 1.92. The Bertz CT molecular complexity index is 905. The maximum absolute atomic E-state index is 12.3. The zero-order chi connectivity index (χ0) is 15.1. The molecule has 0 aliphatic heterocycles. The molecule has 1 aliphatic rings. The van der Waals surface area contributed by atoms with E-state index in [-0.39, 0.29) is 5.63 Å². The zero-order valence-corrected chi connectivity index (χ0v) is 12.4. The first kappa shape index (κ1) is 13.1. The molecule has 0 unspecified atom stereocenters. The summed E-state index contributed by atoms with van der Waals surface area (Å²) in [5.74, 6) is 0.747. The van der Waals surface area contributed by atoms with Crippen molar-refractivity contribution in [2.75, 3.05) is 0 Å². The molecule has 2 aromatic carbocycles. The highest BCUT2D eigenvalue weighted by Gasteiger charge is 2.24. The molecule has 2 nitrogen and oxygen atoms in total. The number of benzene rings is 2. The summed E-state index contributed by atoms with van der Waals surface area (Å²) in [5.41, 5.74) is 6.05. The minimum atomic E-state index is -0.241. The van der Waals surface area contributed by atoms with Crippen LogP contribution in [0.15, 0.2) is 63.8 Å². The fourth-order valence-corrected chi connectivity index (χ4v) is 3.34. The normalized spacial score (nSPS) is 12.6. The maximum atomic E-state index is 12.3. The first-order chi connectivity index (χ1) is 10.8. The van der Waals surface area contributed by atoms with Gasteiger partial charge in [0.25, 0.3) is 0 Å². The lowest BCUT2D eigenvalue weighted by Crippen LogP contribution is -2.14. The van der Waals surface area contributed by atoms with Gasteiger partial charge in [-0.1, -0.05) is 54.6 Å². The predicted molar refractivity (Wildman–Crippen MR) is 88.0 cm³/mol. The van der Waals surface area contributed by atoms with Crippen LogP contribution in [0.1, 0.15) is 16.7 Å². The number of fused-ring (bicyclic) bond motifs is 3. The molecule has 0 fully saturated rings. The molecule has 0 bridgehead atoms. The van der Waals surface area contributed by atoms with Crippen LogP contribution < -0.4 is 5.63 Å². The van der Waals surface area contributed by atoms with Gasteiger partial charge < -0.3 is 4.42 Å². The van der Waals surface area contributed by atoms with Gasteiger partial charge in [-0.3, -0.25) is 0 Å². The van der Waals surface area contributed by atoms with E-state index in [2.05, 4.69) is 18.2 Å². The van der Waals surface area contributed by atoms with Crippen LogP contribution in [0.5, 0.6) is 0 Å². The molecule has 22 heavy (non-hydrogen) atoms. The van der Waals surface area contributed by atoms with Crippen molar-refractivity contribution in [3.63, 3.8) is 0 Å². The van der Waals surface area contributed by atoms with Crippen molar-refractivity contribution in [1.82, 2.24) is 0 Å². The van der Waals surface area contributed by atoms with Crippen LogP contribution in [-0.2, 0) is 12.8 Å². The standard InChI is InChI=1S/C20H16O2/c1-13-18(15-8-3-2-4-9-15)17-12-11-14-7-5-6-10-16(14)19(17)22-20(13)21/h2-10H,11-12H2,1H3. The van der Waals surface area contributed by atoms with Crippen LogP contribution in [0.25, 0.3) is 22.5 Å². The molecular formula is C20H16O2. The van der Waals surface area contributed by atoms with Crippen LogP contribution >= 0.6 is 0 Å². The molecule has 3 aromatic rings. The highest BCUT2D eigenvalue weighted by Crippen LogP contribution is 2.38. The molecule has 0 atom stereocenters. The number of hydrogen-bond acceptors (Lipinski definition) is 2. The molecule has 4 rings (SSSR count). The minimum absolute atomic E-state index is 0.241. The van der Waals surface area contributed by atoms with E-state index < -0.39 is 0 Å². The fourth-order valence-electron chi connectivity index (χ4n) is 3.34. The van der Waals surface area contributed by atoms with E-state index in [4.69, 9.17) is 4.42 Å². The SMILES string of the molecule is Cc1c(-c2ccccc2)c2c(oc1=O)-c1ccccc1CC2. The van der Waals surface area contributed by atoms with Gasteiger partial charge in [0.05, 0.1) is 0 Å². The molecule has 0 saturated heterocycles. The van der Waals surface area contributed by atoms with E-state index in [1.54, 1.807) is 0 Å². The van der Waals surface area contributed by atoms with Crippen molar-refractivity contribution in [3.05, 3.63) is 81.7 Å². The summed E-state index contributed by atoms with van der Waals surface area (Å²) in [4.78, 5) is 12.3. The maximum Gasteiger partial charge on any atom is 0.339 e. The smallest absolute Gasteiger partial charge is 0.339 e. The summed E-state index contributed by atoms with van der Waals surface area (Å²) in [6, 6.07) is 18.3. The minimum Gasteiger partial charge on any atom is -0.422 e. The van der Waals surface area contributed by atoms with E-state index in [0.717, 1.165) is 40.9 Å². The molecule has 0 amide bonds. The second kappa shape index (κ2) is 4.99. The molecule has 0 spiro atoms. The molecule has 0 saturated carbocycles. The van der Waals surface area contributed by atoms with Gasteiger partial charge in [0.15, 0.2) is 0 Å². The largest absolute Gasteiger partial charge is 0.422 e. The van der Waals surface area contributed by atoms with Crippen molar-refractivity contribution in [2.24, 2.45) is 0 Å². The summed E-state index contributed by atoms with van der Waals surface area (Å²) in [6.45, 7) is 1.86. The van der Waals surface area contributed by atoms with Gasteiger partial charge in [-0.25, -0.2) is 4.79 Å². The van der Waals surface area contributed by atoms with Gasteiger partial charge in [0.1, 0.15) is 5.76 Å². The van der Waals surface area contributed by atoms with Crippen molar-refractivity contribution in [2.45, 2.75) is 19.8 Å². The topological polar surface area (TPSA) is 30.2 Å². The van der Waals surface area contributed by atoms with Gasteiger partial charge in [0.2, 0.25) is 0 Å². The van der Waals surface area contributed by atoms with Gasteiger partial charge in [-0.15, -0.1) is 0 Å². The Morgan fingerprint density at radius 3 is 2.45 bits per heavy atom. The van der Waals surface area contributed by atoms with E-state index in [0.29, 0.717) is 5.56 Å². The molecule has 0 radical (unpaired) electrons. The average Bonchev–Trinajstić information content (AvgIpc) is 2.57. The van der Waals surface area contributed by atoms with Crippen LogP contribution in [0.2, 0.25) is 0 Å². The molecule has 108 valence electrons. The van der Waals surface area contributed by atoms with Crippen molar-refractivity contribution in [3.8, 4) is 22.5 Å².